The molecule has 0 bridgehead atoms. The van der Waals surface area contributed by atoms with Crippen LogP contribution >= 0.6 is 0 Å². The van der Waals surface area contributed by atoms with Crippen LogP contribution in [-0.4, -0.2) is 46.2 Å². The van der Waals surface area contributed by atoms with Crippen molar-refractivity contribution in [2.45, 2.75) is 26.3 Å². The van der Waals surface area contributed by atoms with Gasteiger partial charge in [0.2, 0.25) is 0 Å². The number of benzene rings is 1. The molecule has 1 amide bonds. The zero-order chi connectivity index (χ0) is 19.4. The molecule has 1 atom stereocenters. The van der Waals surface area contributed by atoms with E-state index in [4.69, 9.17) is 4.74 Å². The minimum atomic E-state index is -0.0993. The van der Waals surface area contributed by atoms with E-state index in [0.717, 1.165) is 22.6 Å². The van der Waals surface area contributed by atoms with Crippen molar-refractivity contribution in [3.05, 3.63) is 65.6 Å². The molecule has 6 nitrogen and oxygen atoms in total. The molecule has 0 aliphatic carbocycles. The van der Waals surface area contributed by atoms with Gasteiger partial charge in [0.15, 0.2) is 0 Å². The number of pyridine rings is 1. The van der Waals surface area contributed by atoms with Gasteiger partial charge in [-0.05, 0) is 43.7 Å². The number of nitrogens with zero attached hydrogens (tertiary/aromatic N) is 3. The summed E-state index contributed by atoms with van der Waals surface area (Å²) in [4.78, 5) is 19.0. The summed E-state index contributed by atoms with van der Waals surface area (Å²) in [5.41, 5.74) is 4.20. The number of aromatic nitrogens is 3. The van der Waals surface area contributed by atoms with Gasteiger partial charge in [-0.25, -0.2) is 0 Å². The summed E-state index contributed by atoms with van der Waals surface area (Å²) >= 11 is 0. The van der Waals surface area contributed by atoms with Gasteiger partial charge in [0.1, 0.15) is 11.4 Å². The Labute approximate surface area is 159 Å². The highest BCUT2D eigenvalue weighted by Crippen LogP contribution is 2.23. The van der Waals surface area contributed by atoms with Crippen LogP contribution in [0.15, 0.2) is 48.7 Å². The summed E-state index contributed by atoms with van der Waals surface area (Å²) in [6, 6.07) is 13.3. The number of aryl methyl sites for hydroxylation is 1. The molecular weight excluding hydrogens is 340 g/mol. The average molecular weight is 364 g/mol. The molecule has 1 N–H and O–H groups in total. The molecule has 27 heavy (non-hydrogen) atoms. The Bertz CT molecular complexity index is 935. The largest absolute Gasteiger partial charge is 0.497 e. The van der Waals surface area contributed by atoms with Crippen molar-refractivity contribution in [1.82, 2.24) is 20.1 Å². The Balaban J connectivity index is 1.73. The lowest BCUT2D eigenvalue weighted by atomic mass is 10.1. The van der Waals surface area contributed by atoms with Crippen LogP contribution in [0.3, 0.4) is 0 Å². The standard InChI is InChI=1S/C21H24N4O2/c1-14-7-6-10-22-18(14)11-15(2)25(3)21(26)20-13-19(23-24-20)16-8-5-9-17(12-16)27-4/h5-10,12-13,15H,11H2,1-4H3,(H,23,24)/t15-/m1/s1. The Kier molecular flexibility index (Phi) is 5.54. The smallest absolute Gasteiger partial charge is 0.271 e. The van der Waals surface area contributed by atoms with E-state index in [9.17, 15) is 4.79 Å². The van der Waals surface area contributed by atoms with Gasteiger partial charge in [-0.3, -0.25) is 14.9 Å². The lowest BCUT2D eigenvalue weighted by Gasteiger charge is -2.24. The molecule has 0 spiro atoms. The number of nitrogens with one attached hydrogen (secondary N) is 1. The number of hydrogen-bond donors (Lipinski definition) is 1. The maximum absolute atomic E-state index is 12.8. The number of carbonyl (C=O) groups is 1. The second kappa shape index (κ2) is 8.03. The Hall–Kier alpha value is -3.15. The van der Waals surface area contributed by atoms with E-state index < -0.39 is 0 Å². The molecule has 0 unspecified atom stereocenters. The van der Waals surface area contributed by atoms with Crippen LogP contribution in [0.5, 0.6) is 5.75 Å². The second-order valence-corrected chi connectivity index (χ2v) is 6.64. The van der Waals surface area contributed by atoms with Crippen molar-refractivity contribution in [2.75, 3.05) is 14.2 Å². The molecule has 0 saturated carbocycles. The fraction of sp³-hybridized carbons (Fsp3) is 0.286. The summed E-state index contributed by atoms with van der Waals surface area (Å²) in [6.45, 7) is 4.05. The van der Waals surface area contributed by atoms with Gasteiger partial charge < -0.3 is 9.64 Å². The minimum Gasteiger partial charge on any atom is -0.497 e. The maximum atomic E-state index is 12.8. The number of ether oxygens (including phenoxy) is 1. The molecule has 0 fully saturated rings. The van der Waals surface area contributed by atoms with E-state index in [2.05, 4.69) is 15.2 Å². The number of methoxy groups -OCH3 is 1. The molecule has 0 radical (unpaired) electrons. The molecule has 1 aromatic carbocycles. The van der Waals surface area contributed by atoms with Crippen LogP contribution in [0.25, 0.3) is 11.3 Å². The zero-order valence-corrected chi connectivity index (χ0v) is 16.1. The highest BCUT2D eigenvalue weighted by atomic mass is 16.5. The molecular formula is C21H24N4O2. The van der Waals surface area contributed by atoms with Gasteiger partial charge >= 0.3 is 0 Å². The van der Waals surface area contributed by atoms with E-state index in [1.807, 2.05) is 50.2 Å². The van der Waals surface area contributed by atoms with Crippen LogP contribution in [0.2, 0.25) is 0 Å². The topological polar surface area (TPSA) is 71.1 Å². The number of aromatic amines is 1. The van der Waals surface area contributed by atoms with Crippen molar-refractivity contribution in [3.63, 3.8) is 0 Å². The summed E-state index contributed by atoms with van der Waals surface area (Å²) in [6.07, 6.45) is 2.48. The van der Waals surface area contributed by atoms with Crippen molar-refractivity contribution in [2.24, 2.45) is 0 Å². The lowest BCUT2D eigenvalue weighted by Crippen LogP contribution is -2.37. The van der Waals surface area contributed by atoms with Gasteiger partial charge in [0.25, 0.3) is 5.91 Å². The highest BCUT2D eigenvalue weighted by Gasteiger charge is 2.21. The summed E-state index contributed by atoms with van der Waals surface area (Å²) < 4.78 is 5.25. The van der Waals surface area contributed by atoms with Crippen LogP contribution in [-0.2, 0) is 6.42 Å². The number of amides is 1. The van der Waals surface area contributed by atoms with Crippen LogP contribution in [0.1, 0.15) is 28.7 Å². The zero-order valence-electron chi connectivity index (χ0n) is 16.1. The second-order valence-electron chi connectivity index (χ2n) is 6.64. The molecule has 0 aliphatic rings. The quantitative estimate of drug-likeness (QED) is 0.727. The van der Waals surface area contributed by atoms with Gasteiger partial charge in [-0.15, -0.1) is 0 Å². The molecule has 0 aliphatic heterocycles. The fourth-order valence-electron chi connectivity index (χ4n) is 2.90. The van der Waals surface area contributed by atoms with Crippen molar-refractivity contribution in [3.8, 4) is 17.0 Å². The lowest BCUT2D eigenvalue weighted by molar-refractivity contribution is 0.0737. The molecule has 2 aromatic heterocycles. The molecule has 3 aromatic rings. The van der Waals surface area contributed by atoms with Crippen LogP contribution in [0.4, 0.5) is 0 Å². The van der Waals surface area contributed by atoms with Crippen molar-refractivity contribution < 1.29 is 9.53 Å². The van der Waals surface area contributed by atoms with Crippen LogP contribution in [0, 0.1) is 6.92 Å². The molecule has 3 rings (SSSR count). The number of hydrogen-bond acceptors (Lipinski definition) is 4. The SMILES string of the molecule is COc1cccc(-c2cc(C(=O)N(C)[C@H](C)Cc3ncccc3C)[nH]n2)c1. The Morgan fingerprint density at radius 2 is 2.07 bits per heavy atom. The van der Waals surface area contributed by atoms with Gasteiger partial charge in [-0.1, -0.05) is 18.2 Å². The maximum Gasteiger partial charge on any atom is 0.271 e. The third-order valence-corrected chi connectivity index (χ3v) is 4.76. The first kappa shape index (κ1) is 18.6. The summed E-state index contributed by atoms with van der Waals surface area (Å²) in [5, 5.41) is 7.14. The Morgan fingerprint density at radius 1 is 1.26 bits per heavy atom. The minimum absolute atomic E-state index is 0.00895. The fourth-order valence-corrected chi connectivity index (χ4v) is 2.90. The number of carbonyl (C=O) groups excluding carboxylic acids is 1. The van der Waals surface area contributed by atoms with E-state index >= 15 is 0 Å². The summed E-state index contributed by atoms with van der Waals surface area (Å²) in [5.74, 6) is 0.651. The number of H-pyrrole nitrogens is 1. The van der Waals surface area contributed by atoms with E-state index in [0.29, 0.717) is 17.8 Å². The molecule has 2 heterocycles. The monoisotopic (exact) mass is 364 g/mol. The first-order valence-electron chi connectivity index (χ1n) is 8.87. The van der Waals surface area contributed by atoms with E-state index in [1.54, 1.807) is 31.3 Å². The highest BCUT2D eigenvalue weighted by molar-refractivity contribution is 5.93. The van der Waals surface area contributed by atoms with E-state index in [-0.39, 0.29) is 11.9 Å². The van der Waals surface area contributed by atoms with E-state index in [1.165, 1.54) is 0 Å². The van der Waals surface area contributed by atoms with Crippen molar-refractivity contribution in [1.29, 1.82) is 0 Å². The van der Waals surface area contributed by atoms with Gasteiger partial charge in [-0.2, -0.15) is 5.10 Å². The van der Waals surface area contributed by atoms with Crippen molar-refractivity contribution >= 4 is 5.91 Å². The number of rotatable bonds is 6. The third kappa shape index (κ3) is 4.16. The average Bonchev–Trinajstić information content (AvgIpc) is 3.19. The van der Waals surface area contributed by atoms with Gasteiger partial charge in [0, 0.05) is 37.0 Å². The Morgan fingerprint density at radius 3 is 2.81 bits per heavy atom. The first-order valence-corrected chi connectivity index (χ1v) is 8.87. The predicted octanol–water partition coefficient (Wildman–Crippen LogP) is 3.49. The first-order chi connectivity index (χ1) is 13.0. The number of likely N-dealkylation sites (N-methyl/N-ethyl adjacent to an activating group) is 1. The van der Waals surface area contributed by atoms with Gasteiger partial charge in [0.05, 0.1) is 12.8 Å². The molecule has 140 valence electrons. The van der Waals surface area contributed by atoms with Crippen LogP contribution < -0.4 is 4.74 Å². The molecule has 0 saturated heterocycles. The molecule has 6 heteroatoms. The third-order valence-electron chi connectivity index (χ3n) is 4.76. The predicted molar refractivity (Wildman–Crippen MR) is 105 cm³/mol. The summed E-state index contributed by atoms with van der Waals surface area (Å²) in [7, 11) is 3.43. The normalized spacial score (nSPS) is 11.9.